The van der Waals surface area contributed by atoms with Gasteiger partial charge in [0.15, 0.2) is 0 Å². The van der Waals surface area contributed by atoms with Gasteiger partial charge in [0, 0.05) is 21.4 Å². The van der Waals surface area contributed by atoms with Crippen LogP contribution in [0.15, 0.2) is 59.5 Å². The quantitative estimate of drug-likeness (QED) is 0.231. The predicted molar refractivity (Wildman–Crippen MR) is 153 cm³/mol. The summed E-state index contributed by atoms with van der Waals surface area (Å²) in [5.74, 6) is 0.0250. The first-order valence-corrected chi connectivity index (χ1v) is 14.9. The van der Waals surface area contributed by atoms with Crippen molar-refractivity contribution in [2.24, 2.45) is 5.92 Å². The molecule has 0 aliphatic heterocycles. The van der Waals surface area contributed by atoms with Gasteiger partial charge in [-0.1, -0.05) is 36.4 Å². The number of fused-ring (bicyclic) bond motifs is 1. The van der Waals surface area contributed by atoms with E-state index in [2.05, 4.69) is 34.9 Å². The first-order valence-electron chi connectivity index (χ1n) is 13.2. The minimum atomic E-state index is -0.407. The van der Waals surface area contributed by atoms with Crippen LogP contribution >= 0.6 is 23.1 Å². The van der Waals surface area contributed by atoms with Crippen LogP contribution in [-0.4, -0.2) is 29.6 Å². The smallest absolute Gasteiger partial charge is 0.341 e. The lowest BCUT2D eigenvalue weighted by Gasteiger charge is -2.23. The van der Waals surface area contributed by atoms with E-state index < -0.39 is 5.25 Å². The molecule has 1 saturated carbocycles. The third-order valence-corrected chi connectivity index (χ3v) is 9.25. The van der Waals surface area contributed by atoms with Gasteiger partial charge in [0.1, 0.15) is 5.00 Å². The van der Waals surface area contributed by atoms with Gasteiger partial charge in [0.25, 0.3) is 0 Å². The van der Waals surface area contributed by atoms with Crippen LogP contribution in [0.25, 0.3) is 0 Å². The lowest BCUT2D eigenvalue weighted by atomic mass is 9.83. The second-order valence-corrected chi connectivity index (χ2v) is 12.3. The highest BCUT2D eigenvalue weighted by Gasteiger charge is 2.32. The fraction of sp³-hybridized carbons (Fsp3) is 0.367. The zero-order valence-electron chi connectivity index (χ0n) is 21.6. The summed E-state index contributed by atoms with van der Waals surface area (Å²) in [7, 11) is 0. The largest absolute Gasteiger partial charge is 0.462 e. The summed E-state index contributed by atoms with van der Waals surface area (Å²) in [6.07, 6.45) is 4.47. The van der Waals surface area contributed by atoms with Crippen molar-refractivity contribution in [3.05, 3.63) is 76.2 Å². The number of rotatable bonds is 9. The number of hydrogen-bond acceptors (Lipinski definition) is 6. The number of amides is 2. The molecule has 3 aromatic rings. The van der Waals surface area contributed by atoms with Crippen molar-refractivity contribution in [3.8, 4) is 0 Å². The minimum absolute atomic E-state index is 0.0561. The summed E-state index contributed by atoms with van der Waals surface area (Å²) in [5.41, 5.74) is 3.56. The topological polar surface area (TPSA) is 84.5 Å². The van der Waals surface area contributed by atoms with Crippen LogP contribution in [0.1, 0.15) is 65.4 Å². The maximum absolute atomic E-state index is 13.3. The average molecular weight is 549 g/mol. The molecule has 5 rings (SSSR count). The van der Waals surface area contributed by atoms with E-state index in [9.17, 15) is 14.4 Å². The van der Waals surface area contributed by atoms with Gasteiger partial charge in [0.05, 0.1) is 17.4 Å². The fourth-order valence-electron chi connectivity index (χ4n) is 4.81. The van der Waals surface area contributed by atoms with Gasteiger partial charge < -0.3 is 15.4 Å². The normalized spacial score (nSPS) is 17.3. The number of esters is 1. The number of benzene rings is 2. The molecule has 2 aliphatic rings. The Hall–Kier alpha value is -3.10. The third-order valence-electron chi connectivity index (χ3n) is 6.98. The third kappa shape index (κ3) is 6.13. The SMILES string of the molecule is CCOC(=O)c1c(NC(=O)C(C)Sc2cccc(NC(=O)C3CC3)c2)sc2c1CCC(c1ccccc1)C2. The molecular weight excluding hydrogens is 516 g/mol. The van der Waals surface area contributed by atoms with Crippen molar-refractivity contribution in [1.82, 2.24) is 0 Å². The van der Waals surface area contributed by atoms with Gasteiger partial charge in [-0.2, -0.15) is 0 Å². The van der Waals surface area contributed by atoms with E-state index in [0.717, 1.165) is 53.1 Å². The number of carbonyl (C=O) groups excluding carboxylic acids is 3. The highest BCUT2D eigenvalue weighted by Crippen LogP contribution is 2.43. The summed E-state index contributed by atoms with van der Waals surface area (Å²) in [5, 5.41) is 6.17. The van der Waals surface area contributed by atoms with Crippen molar-refractivity contribution in [3.63, 3.8) is 0 Å². The molecule has 0 radical (unpaired) electrons. The summed E-state index contributed by atoms with van der Waals surface area (Å²) in [6.45, 7) is 3.92. The van der Waals surface area contributed by atoms with E-state index in [1.54, 1.807) is 6.92 Å². The van der Waals surface area contributed by atoms with E-state index in [-0.39, 0.29) is 30.3 Å². The highest BCUT2D eigenvalue weighted by molar-refractivity contribution is 8.00. The van der Waals surface area contributed by atoms with E-state index in [0.29, 0.717) is 16.5 Å². The Morgan fingerprint density at radius 2 is 1.84 bits per heavy atom. The molecule has 2 N–H and O–H groups in total. The van der Waals surface area contributed by atoms with Gasteiger partial charge in [-0.25, -0.2) is 4.79 Å². The van der Waals surface area contributed by atoms with Crippen LogP contribution in [0.2, 0.25) is 0 Å². The molecule has 198 valence electrons. The summed E-state index contributed by atoms with van der Waals surface area (Å²) < 4.78 is 5.38. The fourth-order valence-corrected chi connectivity index (χ4v) is 7.06. The second kappa shape index (κ2) is 11.7. The molecule has 8 heteroatoms. The maximum Gasteiger partial charge on any atom is 0.341 e. The van der Waals surface area contributed by atoms with Crippen LogP contribution in [0.3, 0.4) is 0 Å². The molecule has 1 fully saturated rings. The van der Waals surface area contributed by atoms with E-state index in [1.165, 1.54) is 28.7 Å². The van der Waals surface area contributed by atoms with E-state index >= 15 is 0 Å². The Morgan fingerprint density at radius 3 is 2.58 bits per heavy atom. The van der Waals surface area contributed by atoms with Gasteiger partial charge in [0.2, 0.25) is 11.8 Å². The number of hydrogen-bond donors (Lipinski definition) is 2. The minimum Gasteiger partial charge on any atom is -0.462 e. The Labute approximate surface area is 231 Å². The molecule has 2 atom stereocenters. The Balaban J connectivity index is 1.30. The molecule has 38 heavy (non-hydrogen) atoms. The number of thiophene rings is 1. The summed E-state index contributed by atoms with van der Waals surface area (Å²) >= 11 is 2.91. The number of anilines is 2. The van der Waals surface area contributed by atoms with Crippen LogP contribution in [-0.2, 0) is 27.2 Å². The Bertz CT molecular complexity index is 1330. The van der Waals surface area contributed by atoms with Gasteiger partial charge in [-0.3, -0.25) is 9.59 Å². The lowest BCUT2D eigenvalue weighted by Crippen LogP contribution is -2.23. The molecule has 2 amide bonds. The van der Waals surface area contributed by atoms with Crippen molar-refractivity contribution in [2.45, 2.75) is 62.0 Å². The summed E-state index contributed by atoms with van der Waals surface area (Å²) in [6, 6.07) is 18.0. The lowest BCUT2D eigenvalue weighted by molar-refractivity contribution is -0.117. The maximum atomic E-state index is 13.3. The number of carbonyl (C=O) groups is 3. The average Bonchev–Trinajstić information content (AvgIpc) is 3.71. The molecule has 0 bridgehead atoms. The Morgan fingerprint density at radius 1 is 1.05 bits per heavy atom. The van der Waals surface area contributed by atoms with Crippen molar-refractivity contribution in [2.75, 3.05) is 17.2 Å². The molecule has 1 heterocycles. The van der Waals surface area contributed by atoms with Crippen molar-refractivity contribution < 1.29 is 19.1 Å². The van der Waals surface area contributed by atoms with Gasteiger partial charge >= 0.3 is 5.97 Å². The van der Waals surface area contributed by atoms with Crippen LogP contribution in [0, 0.1) is 5.92 Å². The zero-order chi connectivity index (χ0) is 26.6. The standard InChI is InChI=1S/C30H32N2O4S2/c1-3-36-30(35)26-24-15-14-21(19-8-5-4-6-9-19)16-25(24)38-29(26)32-27(33)18(2)37-23-11-7-10-22(17-23)31-28(34)20-12-13-20/h4-11,17-18,20-21H,3,12-16H2,1-2H3,(H,31,34)(H,32,33). The molecule has 2 unspecified atom stereocenters. The molecule has 6 nitrogen and oxygen atoms in total. The van der Waals surface area contributed by atoms with Crippen LogP contribution < -0.4 is 10.6 Å². The van der Waals surface area contributed by atoms with Crippen LogP contribution in [0.5, 0.6) is 0 Å². The monoisotopic (exact) mass is 548 g/mol. The Kier molecular flexibility index (Phi) is 8.19. The number of ether oxygens (including phenoxy) is 1. The molecular formula is C30H32N2O4S2. The zero-order valence-corrected chi connectivity index (χ0v) is 23.3. The molecule has 2 aromatic carbocycles. The number of thioether (sulfide) groups is 1. The summed E-state index contributed by atoms with van der Waals surface area (Å²) in [4.78, 5) is 40.4. The predicted octanol–water partition coefficient (Wildman–Crippen LogP) is 6.67. The molecule has 2 aliphatic carbocycles. The number of nitrogens with one attached hydrogen (secondary N) is 2. The molecule has 0 saturated heterocycles. The second-order valence-electron chi connectivity index (χ2n) is 9.82. The molecule has 1 aromatic heterocycles. The van der Waals surface area contributed by atoms with E-state index in [1.807, 2.05) is 37.3 Å². The van der Waals surface area contributed by atoms with Gasteiger partial charge in [-0.15, -0.1) is 23.1 Å². The first kappa shape index (κ1) is 26.5. The van der Waals surface area contributed by atoms with Crippen molar-refractivity contribution in [1.29, 1.82) is 0 Å². The van der Waals surface area contributed by atoms with E-state index in [4.69, 9.17) is 4.74 Å². The van der Waals surface area contributed by atoms with Crippen LogP contribution in [0.4, 0.5) is 10.7 Å². The van der Waals surface area contributed by atoms with Crippen molar-refractivity contribution >= 4 is 51.6 Å². The molecule has 0 spiro atoms. The highest BCUT2D eigenvalue weighted by atomic mass is 32.2. The van der Waals surface area contributed by atoms with Gasteiger partial charge in [-0.05, 0) is 81.2 Å². The first-order chi connectivity index (χ1) is 18.4.